The molecule has 1 unspecified atom stereocenters. The van der Waals surface area contributed by atoms with E-state index in [0.717, 1.165) is 31.1 Å². The molecule has 1 aromatic rings. The largest absolute Gasteiger partial charge is 0.371 e. The van der Waals surface area contributed by atoms with Gasteiger partial charge in [0.05, 0.1) is 0 Å². The van der Waals surface area contributed by atoms with Crippen molar-refractivity contribution in [3.8, 4) is 0 Å². The van der Waals surface area contributed by atoms with E-state index in [4.69, 9.17) is 0 Å². The van der Waals surface area contributed by atoms with E-state index in [9.17, 15) is 9.18 Å². The van der Waals surface area contributed by atoms with Crippen LogP contribution in [0.2, 0.25) is 0 Å². The zero-order chi connectivity index (χ0) is 15.4. The molecule has 1 atom stereocenters. The number of nitrogens with zero attached hydrogens (tertiary/aromatic N) is 1. The molecule has 0 bridgehead atoms. The molecule has 3 heteroatoms. The first-order valence-electron chi connectivity index (χ1n) is 8.09. The van der Waals surface area contributed by atoms with Gasteiger partial charge in [-0.1, -0.05) is 19.8 Å². The van der Waals surface area contributed by atoms with E-state index in [-0.39, 0.29) is 11.6 Å². The molecule has 2 rings (SSSR count). The highest BCUT2D eigenvalue weighted by Gasteiger charge is 2.21. The second-order valence-electron chi connectivity index (χ2n) is 6.25. The molecular weight excluding hydrogens is 265 g/mol. The molecule has 1 fully saturated rings. The molecule has 0 aliphatic carbocycles. The van der Waals surface area contributed by atoms with Crippen LogP contribution in [0.4, 0.5) is 10.1 Å². The average molecular weight is 291 g/mol. The van der Waals surface area contributed by atoms with Crippen LogP contribution in [0.15, 0.2) is 12.1 Å². The van der Waals surface area contributed by atoms with Gasteiger partial charge in [-0.05, 0) is 56.7 Å². The van der Waals surface area contributed by atoms with Crippen molar-refractivity contribution in [2.75, 3.05) is 18.0 Å². The van der Waals surface area contributed by atoms with Crippen LogP contribution in [-0.2, 0) is 0 Å². The Labute approximate surface area is 127 Å². The molecule has 116 valence electrons. The first-order valence-corrected chi connectivity index (χ1v) is 8.09. The molecule has 0 N–H and O–H groups in total. The predicted molar refractivity (Wildman–Crippen MR) is 85.6 cm³/mol. The molecule has 0 saturated carbocycles. The summed E-state index contributed by atoms with van der Waals surface area (Å²) in [7, 11) is 0. The molecule has 0 radical (unpaired) electrons. The lowest BCUT2D eigenvalue weighted by Crippen LogP contribution is -2.26. The summed E-state index contributed by atoms with van der Waals surface area (Å²) < 4.78 is 13.8. The van der Waals surface area contributed by atoms with Crippen LogP contribution < -0.4 is 4.90 Å². The Hall–Kier alpha value is -1.38. The zero-order valence-electron chi connectivity index (χ0n) is 13.4. The molecule has 1 heterocycles. The monoisotopic (exact) mass is 291 g/mol. The molecule has 1 aliphatic heterocycles. The smallest absolute Gasteiger partial charge is 0.161 e. The maximum Gasteiger partial charge on any atom is 0.161 e. The molecule has 0 aromatic heterocycles. The first kappa shape index (κ1) is 16.0. The summed E-state index contributed by atoms with van der Waals surface area (Å²) in [6, 6.07) is 3.24. The number of rotatable bonds is 4. The van der Waals surface area contributed by atoms with Crippen LogP contribution in [0, 0.1) is 18.7 Å². The van der Waals surface area contributed by atoms with Gasteiger partial charge >= 0.3 is 0 Å². The number of halogens is 1. The van der Waals surface area contributed by atoms with Gasteiger partial charge in [-0.3, -0.25) is 4.79 Å². The van der Waals surface area contributed by atoms with Crippen LogP contribution >= 0.6 is 0 Å². The van der Waals surface area contributed by atoms with Crippen molar-refractivity contribution in [1.82, 2.24) is 0 Å². The third kappa shape index (κ3) is 3.84. The highest BCUT2D eigenvalue weighted by molar-refractivity contribution is 6.00. The lowest BCUT2D eigenvalue weighted by Gasteiger charge is -2.25. The predicted octanol–water partition coefficient (Wildman–Crippen LogP) is 4.74. The van der Waals surface area contributed by atoms with Gasteiger partial charge in [0.15, 0.2) is 5.78 Å². The number of Topliss-reactive ketones (excluding diaryl/α,β-unsaturated/α-hetero) is 1. The minimum Gasteiger partial charge on any atom is -0.371 e. The number of hydrogen-bond acceptors (Lipinski definition) is 2. The summed E-state index contributed by atoms with van der Waals surface area (Å²) in [4.78, 5) is 14.1. The van der Waals surface area contributed by atoms with Crippen molar-refractivity contribution < 1.29 is 9.18 Å². The summed E-state index contributed by atoms with van der Waals surface area (Å²) in [5.41, 5.74) is 2.05. The molecule has 0 spiro atoms. The van der Waals surface area contributed by atoms with Gasteiger partial charge in [0.2, 0.25) is 0 Å². The molecule has 1 aliphatic rings. The Balaban J connectivity index is 2.24. The van der Waals surface area contributed by atoms with Crippen molar-refractivity contribution in [3.05, 3.63) is 29.1 Å². The Morgan fingerprint density at radius 2 is 2.10 bits per heavy atom. The Morgan fingerprint density at radius 1 is 1.33 bits per heavy atom. The van der Waals surface area contributed by atoms with E-state index in [0.29, 0.717) is 11.1 Å². The number of carbonyl (C=O) groups excluding carboxylic acids is 1. The number of anilines is 1. The standard InChI is InChI=1S/C18H26FNO/c1-4-6-15-7-5-9-20(10-8-15)18-11-13(2)17(19)12-16(18)14(3)21/h11-12,15H,4-10H2,1-3H3. The molecule has 1 saturated heterocycles. The number of ketones is 1. The SMILES string of the molecule is CCCC1CCCN(c2cc(C)c(F)cc2C(C)=O)CC1. The van der Waals surface area contributed by atoms with E-state index in [1.54, 1.807) is 6.92 Å². The van der Waals surface area contributed by atoms with Gasteiger partial charge < -0.3 is 4.90 Å². The van der Waals surface area contributed by atoms with Gasteiger partial charge in [0, 0.05) is 24.3 Å². The van der Waals surface area contributed by atoms with Crippen LogP contribution in [-0.4, -0.2) is 18.9 Å². The minimum absolute atomic E-state index is 0.0572. The third-order valence-corrected chi connectivity index (χ3v) is 4.54. The third-order valence-electron chi connectivity index (χ3n) is 4.54. The fourth-order valence-electron chi connectivity index (χ4n) is 3.31. The van der Waals surface area contributed by atoms with Gasteiger partial charge in [-0.15, -0.1) is 0 Å². The summed E-state index contributed by atoms with van der Waals surface area (Å²) in [6.45, 7) is 7.45. The van der Waals surface area contributed by atoms with Gasteiger partial charge in [0.1, 0.15) is 5.82 Å². The molecule has 21 heavy (non-hydrogen) atoms. The van der Waals surface area contributed by atoms with Gasteiger partial charge in [0.25, 0.3) is 0 Å². The van der Waals surface area contributed by atoms with Gasteiger partial charge in [-0.25, -0.2) is 4.39 Å². The second-order valence-corrected chi connectivity index (χ2v) is 6.25. The summed E-state index contributed by atoms with van der Waals surface area (Å²) in [5, 5.41) is 0. The molecule has 0 amide bonds. The van der Waals surface area contributed by atoms with E-state index >= 15 is 0 Å². The fraction of sp³-hybridized carbons (Fsp3) is 0.611. The van der Waals surface area contributed by atoms with Crippen LogP contribution in [0.3, 0.4) is 0 Å². The Bertz CT molecular complexity index is 512. The molecule has 1 aromatic carbocycles. The quantitative estimate of drug-likeness (QED) is 0.747. The van der Waals surface area contributed by atoms with Crippen molar-refractivity contribution in [3.63, 3.8) is 0 Å². The van der Waals surface area contributed by atoms with Crippen LogP contribution in [0.1, 0.15) is 61.9 Å². The summed E-state index contributed by atoms with van der Waals surface area (Å²) in [5.74, 6) is 0.447. The van der Waals surface area contributed by atoms with Crippen molar-refractivity contribution in [2.24, 2.45) is 5.92 Å². The lowest BCUT2D eigenvalue weighted by molar-refractivity contribution is 0.101. The normalized spacial score (nSPS) is 19.4. The fourth-order valence-corrected chi connectivity index (χ4v) is 3.31. The maximum absolute atomic E-state index is 13.8. The Kier molecular flexibility index (Phi) is 5.38. The van der Waals surface area contributed by atoms with E-state index in [2.05, 4.69) is 11.8 Å². The van der Waals surface area contributed by atoms with E-state index in [1.165, 1.54) is 38.7 Å². The van der Waals surface area contributed by atoms with Crippen molar-refractivity contribution in [1.29, 1.82) is 0 Å². The number of carbonyl (C=O) groups is 1. The van der Waals surface area contributed by atoms with Crippen LogP contribution in [0.25, 0.3) is 0 Å². The average Bonchev–Trinajstić information content (AvgIpc) is 2.67. The Morgan fingerprint density at radius 3 is 2.76 bits per heavy atom. The number of hydrogen-bond donors (Lipinski definition) is 0. The highest BCUT2D eigenvalue weighted by atomic mass is 19.1. The van der Waals surface area contributed by atoms with Gasteiger partial charge in [-0.2, -0.15) is 0 Å². The minimum atomic E-state index is -0.289. The first-order chi connectivity index (χ1) is 10.0. The van der Waals surface area contributed by atoms with Crippen molar-refractivity contribution in [2.45, 2.75) is 52.9 Å². The summed E-state index contributed by atoms with van der Waals surface area (Å²) >= 11 is 0. The number of aryl methyl sites for hydroxylation is 1. The van der Waals surface area contributed by atoms with Crippen LogP contribution in [0.5, 0.6) is 0 Å². The van der Waals surface area contributed by atoms with E-state index in [1.807, 2.05) is 6.07 Å². The number of benzene rings is 1. The lowest BCUT2D eigenvalue weighted by atomic mass is 9.96. The topological polar surface area (TPSA) is 20.3 Å². The highest BCUT2D eigenvalue weighted by Crippen LogP contribution is 2.29. The maximum atomic E-state index is 13.8. The second kappa shape index (κ2) is 7.06. The summed E-state index contributed by atoms with van der Waals surface area (Å²) in [6.07, 6.45) is 6.11. The molecular formula is C18H26FNO. The van der Waals surface area contributed by atoms with Crippen molar-refractivity contribution >= 4 is 11.5 Å². The zero-order valence-corrected chi connectivity index (χ0v) is 13.4. The van der Waals surface area contributed by atoms with E-state index < -0.39 is 0 Å². The molecule has 2 nitrogen and oxygen atoms in total.